The normalized spacial score (nSPS) is 19.8. The van der Waals surface area contributed by atoms with Crippen molar-refractivity contribution in [2.45, 2.75) is 25.8 Å². The second-order valence-corrected chi connectivity index (χ2v) is 3.90. The molecule has 0 aromatic carbocycles. The van der Waals surface area contributed by atoms with E-state index in [1.165, 1.54) is 0 Å². The van der Waals surface area contributed by atoms with E-state index in [9.17, 15) is 4.79 Å². The molecule has 1 N–H and O–H groups in total. The van der Waals surface area contributed by atoms with E-state index < -0.39 is 0 Å². The Kier molecular flexibility index (Phi) is 3.34. The van der Waals surface area contributed by atoms with E-state index in [2.05, 4.69) is 15.3 Å². The number of hydrogen-bond donors (Lipinski definition) is 1. The molecule has 5 nitrogen and oxygen atoms in total. The lowest BCUT2D eigenvalue weighted by Gasteiger charge is -2.16. The van der Waals surface area contributed by atoms with Crippen LogP contribution in [0.3, 0.4) is 0 Å². The lowest BCUT2D eigenvalue weighted by atomic mass is 10.3. The topological polar surface area (TPSA) is 58.1 Å². The molecule has 1 saturated heterocycles. The van der Waals surface area contributed by atoms with Crippen molar-refractivity contribution >= 4 is 11.9 Å². The summed E-state index contributed by atoms with van der Waals surface area (Å²) in [5.74, 6) is 0.858. The predicted molar refractivity (Wildman–Crippen MR) is 60.9 cm³/mol. The monoisotopic (exact) mass is 220 g/mol. The van der Waals surface area contributed by atoms with Crippen molar-refractivity contribution in [3.05, 3.63) is 18.5 Å². The molecule has 1 unspecified atom stereocenters. The number of aromatic nitrogens is 2. The summed E-state index contributed by atoms with van der Waals surface area (Å²) in [5.41, 5.74) is 0. The van der Waals surface area contributed by atoms with Crippen molar-refractivity contribution in [2.24, 2.45) is 0 Å². The zero-order valence-electron chi connectivity index (χ0n) is 9.39. The third-order valence-corrected chi connectivity index (χ3v) is 2.74. The molecule has 0 saturated carbocycles. The van der Waals surface area contributed by atoms with Crippen LogP contribution in [0.25, 0.3) is 0 Å². The maximum Gasteiger partial charge on any atom is 0.222 e. The second kappa shape index (κ2) is 4.92. The smallest absolute Gasteiger partial charge is 0.222 e. The first kappa shape index (κ1) is 10.9. The van der Waals surface area contributed by atoms with Crippen LogP contribution < -0.4 is 5.32 Å². The number of carbonyl (C=O) groups is 1. The Morgan fingerprint density at radius 3 is 3.00 bits per heavy atom. The minimum Gasteiger partial charge on any atom is -0.350 e. The number of nitrogens with zero attached hydrogens (tertiary/aromatic N) is 3. The third kappa shape index (κ3) is 2.48. The van der Waals surface area contributed by atoms with E-state index >= 15 is 0 Å². The molecule has 16 heavy (non-hydrogen) atoms. The van der Waals surface area contributed by atoms with Crippen LogP contribution in [-0.2, 0) is 4.79 Å². The summed E-state index contributed by atoms with van der Waals surface area (Å²) in [6, 6.07) is 2.06. The Hall–Kier alpha value is -1.65. The highest BCUT2D eigenvalue weighted by molar-refractivity contribution is 5.76. The van der Waals surface area contributed by atoms with Gasteiger partial charge in [-0.15, -0.1) is 0 Å². The maximum absolute atomic E-state index is 11.5. The van der Waals surface area contributed by atoms with E-state index in [0.717, 1.165) is 19.5 Å². The van der Waals surface area contributed by atoms with Crippen molar-refractivity contribution in [3.8, 4) is 0 Å². The predicted octanol–water partition coefficient (Wildman–Crippen LogP) is 0.899. The van der Waals surface area contributed by atoms with Gasteiger partial charge >= 0.3 is 0 Å². The zero-order chi connectivity index (χ0) is 11.4. The summed E-state index contributed by atoms with van der Waals surface area (Å²) in [6.45, 7) is 3.48. The number of amides is 1. The van der Waals surface area contributed by atoms with Gasteiger partial charge in [0, 0.05) is 37.9 Å². The Morgan fingerprint density at radius 2 is 2.31 bits per heavy atom. The lowest BCUT2D eigenvalue weighted by molar-refractivity contribution is -0.129. The van der Waals surface area contributed by atoms with Gasteiger partial charge in [0.15, 0.2) is 0 Å². The van der Waals surface area contributed by atoms with E-state index in [1.54, 1.807) is 18.5 Å². The molecular weight excluding hydrogens is 204 g/mol. The molecule has 1 aromatic rings. The first-order valence-electron chi connectivity index (χ1n) is 5.61. The van der Waals surface area contributed by atoms with Crippen LogP contribution in [0.2, 0.25) is 0 Å². The molecule has 2 heterocycles. The highest BCUT2D eigenvalue weighted by Gasteiger charge is 2.25. The lowest BCUT2D eigenvalue weighted by Crippen LogP contribution is -2.31. The number of carbonyl (C=O) groups excluding carboxylic acids is 1. The molecule has 1 atom stereocenters. The van der Waals surface area contributed by atoms with Crippen molar-refractivity contribution in [2.75, 3.05) is 18.4 Å². The van der Waals surface area contributed by atoms with Gasteiger partial charge in [-0.25, -0.2) is 9.97 Å². The molecule has 86 valence electrons. The van der Waals surface area contributed by atoms with E-state index in [0.29, 0.717) is 12.4 Å². The van der Waals surface area contributed by atoms with Gasteiger partial charge in [-0.3, -0.25) is 4.79 Å². The SMILES string of the molecule is CCC(=O)N1CCC(Nc2ncccn2)C1. The average Bonchev–Trinajstić information content (AvgIpc) is 2.78. The minimum atomic E-state index is 0.221. The molecular formula is C11H16N4O. The first-order chi connectivity index (χ1) is 7.79. The number of nitrogens with one attached hydrogen (secondary N) is 1. The van der Waals surface area contributed by atoms with Gasteiger partial charge in [-0.05, 0) is 12.5 Å². The molecule has 0 aliphatic carbocycles. The second-order valence-electron chi connectivity index (χ2n) is 3.90. The van der Waals surface area contributed by atoms with Gasteiger partial charge in [-0.2, -0.15) is 0 Å². The molecule has 1 aliphatic rings. The summed E-state index contributed by atoms with van der Waals surface area (Å²) >= 11 is 0. The van der Waals surface area contributed by atoms with Crippen molar-refractivity contribution < 1.29 is 4.79 Å². The van der Waals surface area contributed by atoms with Crippen LogP contribution in [0.1, 0.15) is 19.8 Å². The van der Waals surface area contributed by atoms with Crippen molar-refractivity contribution in [1.29, 1.82) is 0 Å². The summed E-state index contributed by atoms with van der Waals surface area (Å²) in [5, 5.41) is 3.23. The van der Waals surface area contributed by atoms with Crippen LogP contribution in [0, 0.1) is 0 Å². The molecule has 2 rings (SSSR count). The summed E-state index contributed by atoms with van der Waals surface area (Å²) < 4.78 is 0. The Bertz CT molecular complexity index is 354. The summed E-state index contributed by atoms with van der Waals surface area (Å²) in [4.78, 5) is 21.6. The molecule has 0 spiro atoms. The first-order valence-corrected chi connectivity index (χ1v) is 5.61. The quantitative estimate of drug-likeness (QED) is 0.822. The molecule has 5 heteroatoms. The summed E-state index contributed by atoms with van der Waals surface area (Å²) in [7, 11) is 0. The zero-order valence-corrected chi connectivity index (χ0v) is 9.39. The molecule has 1 aromatic heterocycles. The third-order valence-electron chi connectivity index (χ3n) is 2.74. The Balaban J connectivity index is 1.88. The van der Waals surface area contributed by atoms with Gasteiger partial charge in [0.25, 0.3) is 0 Å². The van der Waals surface area contributed by atoms with Crippen molar-refractivity contribution in [3.63, 3.8) is 0 Å². The van der Waals surface area contributed by atoms with E-state index in [1.807, 2.05) is 11.8 Å². The molecule has 0 radical (unpaired) electrons. The average molecular weight is 220 g/mol. The number of hydrogen-bond acceptors (Lipinski definition) is 4. The number of anilines is 1. The standard InChI is InChI=1S/C11H16N4O/c1-2-10(16)15-7-4-9(8-15)14-11-12-5-3-6-13-11/h3,5-6,9H,2,4,7-8H2,1H3,(H,12,13,14). The maximum atomic E-state index is 11.5. The van der Waals surface area contributed by atoms with Gasteiger partial charge in [0.2, 0.25) is 11.9 Å². The number of likely N-dealkylation sites (tertiary alicyclic amines) is 1. The van der Waals surface area contributed by atoms with Crippen LogP contribution in [-0.4, -0.2) is 39.9 Å². The van der Waals surface area contributed by atoms with E-state index in [-0.39, 0.29) is 11.9 Å². The Labute approximate surface area is 94.9 Å². The van der Waals surface area contributed by atoms with Crippen LogP contribution in [0.5, 0.6) is 0 Å². The molecule has 1 aliphatic heterocycles. The van der Waals surface area contributed by atoms with E-state index in [4.69, 9.17) is 0 Å². The van der Waals surface area contributed by atoms with Gasteiger partial charge in [-0.1, -0.05) is 6.92 Å². The fraction of sp³-hybridized carbons (Fsp3) is 0.545. The van der Waals surface area contributed by atoms with Gasteiger partial charge < -0.3 is 10.2 Å². The van der Waals surface area contributed by atoms with Gasteiger partial charge in [0.1, 0.15) is 0 Å². The largest absolute Gasteiger partial charge is 0.350 e. The number of rotatable bonds is 3. The van der Waals surface area contributed by atoms with Crippen LogP contribution >= 0.6 is 0 Å². The fourth-order valence-electron chi connectivity index (χ4n) is 1.88. The summed E-state index contributed by atoms with van der Waals surface area (Å²) in [6.07, 6.45) is 4.96. The minimum absolute atomic E-state index is 0.221. The van der Waals surface area contributed by atoms with Gasteiger partial charge in [0.05, 0.1) is 0 Å². The van der Waals surface area contributed by atoms with Crippen LogP contribution in [0.4, 0.5) is 5.95 Å². The molecule has 1 amide bonds. The Morgan fingerprint density at radius 1 is 1.56 bits per heavy atom. The fourth-order valence-corrected chi connectivity index (χ4v) is 1.88. The highest BCUT2D eigenvalue weighted by atomic mass is 16.2. The molecule has 0 bridgehead atoms. The highest BCUT2D eigenvalue weighted by Crippen LogP contribution is 2.13. The van der Waals surface area contributed by atoms with Crippen LogP contribution in [0.15, 0.2) is 18.5 Å². The van der Waals surface area contributed by atoms with Crippen molar-refractivity contribution in [1.82, 2.24) is 14.9 Å². The molecule has 1 fully saturated rings.